The number of benzene rings is 2. The van der Waals surface area contributed by atoms with E-state index < -0.39 is 6.16 Å². The van der Waals surface area contributed by atoms with Gasteiger partial charge in [0.05, 0.1) is 0 Å². The molecule has 0 aliphatic heterocycles. The highest BCUT2D eigenvalue weighted by Gasteiger charge is 2.16. The van der Waals surface area contributed by atoms with Crippen molar-refractivity contribution in [2.45, 2.75) is 66.2 Å². The number of carbonyl (C=O) groups is 1. The molecule has 2 rings (SSSR count). The zero-order valence-electron chi connectivity index (χ0n) is 16.4. The summed E-state index contributed by atoms with van der Waals surface area (Å²) in [5.74, 6) is 1.27. The maximum absolute atomic E-state index is 12.5. The Morgan fingerprint density at radius 2 is 1.19 bits per heavy atom. The van der Waals surface area contributed by atoms with Gasteiger partial charge in [-0.25, -0.2) is 4.79 Å². The molecule has 26 heavy (non-hydrogen) atoms. The molecule has 0 bridgehead atoms. The number of hydrogen-bond acceptors (Lipinski definition) is 3. The molecule has 0 aliphatic carbocycles. The Morgan fingerprint density at radius 1 is 0.769 bits per heavy atom. The largest absolute Gasteiger partial charge is 0.519 e. The Morgan fingerprint density at radius 3 is 1.58 bits per heavy atom. The SMILES string of the molecule is CCCCc1cccc(C)c1OC(=O)Oc1c(C)cccc1CCCC. The van der Waals surface area contributed by atoms with Gasteiger partial charge in [-0.15, -0.1) is 0 Å². The second-order valence-electron chi connectivity index (χ2n) is 6.79. The van der Waals surface area contributed by atoms with Crippen molar-refractivity contribution in [2.75, 3.05) is 0 Å². The number of para-hydroxylation sites is 2. The Bertz CT molecular complexity index is 673. The van der Waals surface area contributed by atoms with Gasteiger partial charge in [0.1, 0.15) is 11.5 Å². The summed E-state index contributed by atoms with van der Waals surface area (Å²) >= 11 is 0. The molecule has 3 heteroatoms. The molecule has 0 saturated carbocycles. The molecular weight excluding hydrogens is 324 g/mol. The minimum Gasteiger partial charge on any atom is -0.394 e. The average molecular weight is 354 g/mol. The topological polar surface area (TPSA) is 35.5 Å². The van der Waals surface area contributed by atoms with E-state index in [0.29, 0.717) is 11.5 Å². The van der Waals surface area contributed by atoms with Crippen LogP contribution in [0.4, 0.5) is 4.79 Å². The quantitative estimate of drug-likeness (QED) is 0.397. The number of rotatable bonds is 8. The third kappa shape index (κ3) is 5.35. The van der Waals surface area contributed by atoms with E-state index in [1.54, 1.807) is 0 Å². The van der Waals surface area contributed by atoms with E-state index in [9.17, 15) is 4.79 Å². The molecule has 0 spiro atoms. The fraction of sp³-hybridized carbons (Fsp3) is 0.435. The first kappa shape index (κ1) is 20.0. The molecule has 0 aromatic heterocycles. The van der Waals surface area contributed by atoms with Crippen LogP contribution in [-0.2, 0) is 12.8 Å². The van der Waals surface area contributed by atoms with Crippen LogP contribution >= 0.6 is 0 Å². The predicted molar refractivity (Wildman–Crippen MR) is 106 cm³/mol. The van der Waals surface area contributed by atoms with Crippen LogP contribution in [0.3, 0.4) is 0 Å². The zero-order chi connectivity index (χ0) is 18.9. The second kappa shape index (κ2) is 10.0. The van der Waals surface area contributed by atoms with E-state index in [0.717, 1.165) is 60.8 Å². The average Bonchev–Trinajstić information content (AvgIpc) is 2.62. The number of hydrogen-bond donors (Lipinski definition) is 0. The Labute approximate surface area is 157 Å². The molecule has 0 fully saturated rings. The smallest absolute Gasteiger partial charge is 0.394 e. The van der Waals surface area contributed by atoms with Gasteiger partial charge < -0.3 is 9.47 Å². The fourth-order valence-corrected chi connectivity index (χ4v) is 3.03. The summed E-state index contributed by atoms with van der Waals surface area (Å²) in [6.07, 6.45) is 5.45. The lowest BCUT2D eigenvalue weighted by Gasteiger charge is -2.15. The molecule has 2 aromatic carbocycles. The number of unbranched alkanes of at least 4 members (excludes halogenated alkanes) is 2. The zero-order valence-corrected chi connectivity index (χ0v) is 16.4. The van der Waals surface area contributed by atoms with Crippen molar-refractivity contribution in [1.82, 2.24) is 0 Å². The van der Waals surface area contributed by atoms with Gasteiger partial charge in [0, 0.05) is 0 Å². The lowest BCUT2D eigenvalue weighted by Crippen LogP contribution is -2.17. The van der Waals surface area contributed by atoms with Crippen LogP contribution in [0.2, 0.25) is 0 Å². The first-order valence-electron chi connectivity index (χ1n) is 9.63. The number of aryl methyl sites for hydroxylation is 4. The fourth-order valence-electron chi connectivity index (χ4n) is 3.03. The molecular formula is C23H30O3. The van der Waals surface area contributed by atoms with E-state index in [1.165, 1.54) is 0 Å². The highest BCUT2D eigenvalue weighted by molar-refractivity contribution is 5.69. The third-order valence-electron chi connectivity index (χ3n) is 4.56. The van der Waals surface area contributed by atoms with Gasteiger partial charge in [-0.05, 0) is 61.8 Å². The van der Waals surface area contributed by atoms with Crippen LogP contribution in [-0.4, -0.2) is 6.16 Å². The van der Waals surface area contributed by atoms with Crippen molar-refractivity contribution in [2.24, 2.45) is 0 Å². The summed E-state index contributed by atoms with van der Waals surface area (Å²) in [5, 5.41) is 0. The van der Waals surface area contributed by atoms with Crippen molar-refractivity contribution < 1.29 is 14.3 Å². The Hall–Kier alpha value is -2.29. The highest BCUT2D eigenvalue weighted by Crippen LogP contribution is 2.28. The third-order valence-corrected chi connectivity index (χ3v) is 4.56. The summed E-state index contributed by atoms with van der Waals surface area (Å²) in [6.45, 7) is 8.22. The minimum atomic E-state index is -0.663. The Balaban J connectivity index is 2.17. The summed E-state index contributed by atoms with van der Waals surface area (Å²) in [7, 11) is 0. The summed E-state index contributed by atoms with van der Waals surface area (Å²) < 4.78 is 11.3. The molecule has 0 radical (unpaired) electrons. The molecule has 0 heterocycles. The number of ether oxygens (including phenoxy) is 2. The summed E-state index contributed by atoms with van der Waals surface area (Å²) in [4.78, 5) is 12.5. The summed E-state index contributed by atoms with van der Waals surface area (Å²) in [5.41, 5.74) is 4.01. The molecule has 0 unspecified atom stereocenters. The Kier molecular flexibility index (Phi) is 7.71. The number of carbonyl (C=O) groups excluding carboxylic acids is 1. The van der Waals surface area contributed by atoms with Gasteiger partial charge >= 0.3 is 6.16 Å². The molecule has 0 atom stereocenters. The maximum atomic E-state index is 12.5. The first-order chi connectivity index (χ1) is 12.6. The molecule has 0 N–H and O–H groups in total. The van der Waals surface area contributed by atoms with Crippen LogP contribution in [0.1, 0.15) is 61.8 Å². The normalized spacial score (nSPS) is 10.6. The lowest BCUT2D eigenvalue weighted by atomic mass is 10.0. The van der Waals surface area contributed by atoms with Crippen LogP contribution in [0.15, 0.2) is 36.4 Å². The van der Waals surface area contributed by atoms with Crippen LogP contribution < -0.4 is 9.47 Å². The highest BCUT2D eigenvalue weighted by atomic mass is 16.7. The predicted octanol–water partition coefficient (Wildman–Crippen LogP) is 6.57. The van der Waals surface area contributed by atoms with Gasteiger partial charge in [0.25, 0.3) is 0 Å². The van der Waals surface area contributed by atoms with E-state index in [2.05, 4.69) is 13.8 Å². The monoisotopic (exact) mass is 354 g/mol. The molecule has 140 valence electrons. The molecule has 0 saturated heterocycles. The standard InChI is InChI=1S/C23H30O3/c1-5-7-13-19-15-9-11-17(3)21(19)25-23(24)26-22-18(4)12-10-16-20(22)14-8-6-2/h9-12,15-16H,5-8,13-14H2,1-4H3. The van der Waals surface area contributed by atoms with E-state index in [1.807, 2.05) is 50.2 Å². The van der Waals surface area contributed by atoms with Crippen molar-refractivity contribution in [3.05, 3.63) is 58.7 Å². The van der Waals surface area contributed by atoms with Crippen LogP contribution in [0.5, 0.6) is 11.5 Å². The van der Waals surface area contributed by atoms with Gasteiger partial charge in [-0.2, -0.15) is 0 Å². The van der Waals surface area contributed by atoms with Crippen molar-refractivity contribution in [3.63, 3.8) is 0 Å². The summed E-state index contributed by atoms with van der Waals surface area (Å²) in [6, 6.07) is 12.0. The first-order valence-corrected chi connectivity index (χ1v) is 9.63. The van der Waals surface area contributed by atoms with E-state index in [-0.39, 0.29) is 0 Å². The van der Waals surface area contributed by atoms with Gasteiger partial charge in [0.15, 0.2) is 0 Å². The maximum Gasteiger partial charge on any atom is 0.519 e. The van der Waals surface area contributed by atoms with Gasteiger partial charge in [0.2, 0.25) is 0 Å². The molecule has 0 aliphatic rings. The second-order valence-corrected chi connectivity index (χ2v) is 6.79. The van der Waals surface area contributed by atoms with Crippen molar-refractivity contribution >= 4 is 6.16 Å². The molecule has 2 aromatic rings. The van der Waals surface area contributed by atoms with Crippen LogP contribution in [0, 0.1) is 13.8 Å². The van der Waals surface area contributed by atoms with Crippen LogP contribution in [0.25, 0.3) is 0 Å². The van der Waals surface area contributed by atoms with Gasteiger partial charge in [-0.3, -0.25) is 0 Å². The molecule has 3 nitrogen and oxygen atoms in total. The van der Waals surface area contributed by atoms with Gasteiger partial charge in [-0.1, -0.05) is 63.1 Å². The van der Waals surface area contributed by atoms with Crippen molar-refractivity contribution in [1.29, 1.82) is 0 Å². The van der Waals surface area contributed by atoms with E-state index >= 15 is 0 Å². The lowest BCUT2D eigenvalue weighted by molar-refractivity contribution is 0.150. The van der Waals surface area contributed by atoms with Crippen molar-refractivity contribution in [3.8, 4) is 11.5 Å². The van der Waals surface area contributed by atoms with E-state index in [4.69, 9.17) is 9.47 Å². The molecule has 0 amide bonds. The minimum absolute atomic E-state index is 0.634.